The molecular formula is C13H26N2O. The van der Waals surface area contributed by atoms with Crippen LogP contribution in [0.1, 0.15) is 52.9 Å². The Bertz CT molecular complexity index is 218. The Hall–Kier alpha value is -0.570. The molecule has 0 aliphatic carbocycles. The molecule has 1 saturated heterocycles. The summed E-state index contributed by atoms with van der Waals surface area (Å²) in [6.45, 7) is 8.82. The van der Waals surface area contributed by atoms with Crippen molar-refractivity contribution in [2.45, 2.75) is 58.4 Å². The van der Waals surface area contributed by atoms with Crippen molar-refractivity contribution in [3.8, 4) is 0 Å². The molecule has 94 valence electrons. The maximum Gasteiger partial charge on any atom is 0.236 e. The number of amides is 1. The van der Waals surface area contributed by atoms with E-state index in [4.69, 9.17) is 0 Å². The van der Waals surface area contributed by atoms with Gasteiger partial charge < -0.3 is 10.2 Å². The quantitative estimate of drug-likeness (QED) is 0.797. The van der Waals surface area contributed by atoms with Gasteiger partial charge in [-0.05, 0) is 33.1 Å². The van der Waals surface area contributed by atoms with Gasteiger partial charge in [0, 0.05) is 18.6 Å². The zero-order chi connectivity index (χ0) is 12.0. The van der Waals surface area contributed by atoms with Gasteiger partial charge in [-0.15, -0.1) is 0 Å². The largest absolute Gasteiger partial charge is 0.342 e. The summed E-state index contributed by atoms with van der Waals surface area (Å²) in [7, 11) is 0. The minimum absolute atomic E-state index is 0.0709. The number of nitrogens with zero attached hydrogens (tertiary/aromatic N) is 1. The summed E-state index contributed by atoms with van der Waals surface area (Å²) in [5, 5.41) is 3.33. The van der Waals surface area contributed by atoms with Crippen molar-refractivity contribution in [1.29, 1.82) is 0 Å². The van der Waals surface area contributed by atoms with Gasteiger partial charge in [-0.2, -0.15) is 0 Å². The first-order valence-corrected chi connectivity index (χ1v) is 6.58. The van der Waals surface area contributed by atoms with Crippen molar-refractivity contribution < 1.29 is 4.79 Å². The van der Waals surface area contributed by atoms with Crippen LogP contribution in [0.25, 0.3) is 0 Å². The first-order chi connectivity index (χ1) is 7.55. The second-order valence-electron chi connectivity index (χ2n) is 5.39. The molecule has 0 aromatic rings. The lowest BCUT2D eigenvalue weighted by Gasteiger charge is -2.27. The third-order valence-corrected chi connectivity index (χ3v) is 3.56. The van der Waals surface area contributed by atoms with Gasteiger partial charge in [0.2, 0.25) is 5.91 Å². The number of hydrogen-bond donors (Lipinski definition) is 1. The molecular weight excluding hydrogens is 200 g/mol. The van der Waals surface area contributed by atoms with Crippen LogP contribution in [0.5, 0.6) is 0 Å². The van der Waals surface area contributed by atoms with E-state index in [1.54, 1.807) is 0 Å². The Morgan fingerprint density at radius 2 is 1.75 bits per heavy atom. The van der Waals surface area contributed by atoms with Gasteiger partial charge in [-0.1, -0.05) is 19.8 Å². The van der Waals surface area contributed by atoms with E-state index >= 15 is 0 Å². The minimum Gasteiger partial charge on any atom is -0.342 e. The lowest BCUT2D eigenvalue weighted by molar-refractivity contribution is -0.130. The summed E-state index contributed by atoms with van der Waals surface area (Å²) >= 11 is 0. The van der Waals surface area contributed by atoms with E-state index in [-0.39, 0.29) is 11.4 Å². The highest BCUT2D eigenvalue weighted by Crippen LogP contribution is 2.10. The summed E-state index contributed by atoms with van der Waals surface area (Å²) in [6.07, 6.45) is 5.93. The third kappa shape index (κ3) is 4.52. The zero-order valence-electron chi connectivity index (χ0n) is 11.0. The summed E-state index contributed by atoms with van der Waals surface area (Å²) < 4.78 is 0. The van der Waals surface area contributed by atoms with Crippen LogP contribution < -0.4 is 5.32 Å². The number of carbonyl (C=O) groups excluding carboxylic acids is 1. The second kappa shape index (κ2) is 6.24. The maximum atomic E-state index is 12.0. The monoisotopic (exact) mass is 226 g/mol. The molecule has 1 rings (SSSR count). The Morgan fingerprint density at radius 1 is 1.19 bits per heavy atom. The predicted molar refractivity (Wildman–Crippen MR) is 67.4 cm³/mol. The van der Waals surface area contributed by atoms with E-state index in [2.05, 4.69) is 26.1 Å². The molecule has 0 atom stereocenters. The van der Waals surface area contributed by atoms with Crippen molar-refractivity contribution in [2.75, 3.05) is 19.6 Å². The molecule has 0 bridgehead atoms. The van der Waals surface area contributed by atoms with Crippen molar-refractivity contribution in [3.05, 3.63) is 0 Å². The van der Waals surface area contributed by atoms with Crippen LogP contribution in [0, 0.1) is 0 Å². The highest BCUT2D eigenvalue weighted by atomic mass is 16.2. The lowest BCUT2D eigenvalue weighted by Crippen LogP contribution is -2.46. The molecule has 3 heteroatoms. The zero-order valence-corrected chi connectivity index (χ0v) is 11.0. The van der Waals surface area contributed by atoms with E-state index in [0.717, 1.165) is 19.5 Å². The standard InChI is InChI=1S/C13H26N2O/c1-4-13(2,3)14-11-12(16)15-9-7-5-6-8-10-15/h14H,4-11H2,1-3H3. The number of nitrogens with one attached hydrogen (secondary N) is 1. The molecule has 1 aliphatic rings. The number of likely N-dealkylation sites (tertiary alicyclic amines) is 1. The van der Waals surface area contributed by atoms with E-state index in [1.165, 1.54) is 25.7 Å². The van der Waals surface area contributed by atoms with E-state index in [1.807, 2.05) is 4.90 Å². The molecule has 16 heavy (non-hydrogen) atoms. The Kier molecular flexibility index (Phi) is 5.26. The Labute approximate surface area is 99.6 Å². The molecule has 1 aliphatic heterocycles. The maximum absolute atomic E-state index is 12.0. The van der Waals surface area contributed by atoms with Crippen LogP contribution in [0.3, 0.4) is 0 Å². The number of hydrogen-bond acceptors (Lipinski definition) is 2. The summed E-state index contributed by atoms with van der Waals surface area (Å²) in [4.78, 5) is 14.0. The first kappa shape index (κ1) is 13.5. The van der Waals surface area contributed by atoms with Gasteiger partial charge in [0.25, 0.3) is 0 Å². The Morgan fingerprint density at radius 3 is 2.25 bits per heavy atom. The molecule has 0 saturated carbocycles. The summed E-state index contributed by atoms with van der Waals surface area (Å²) in [5.74, 6) is 0.267. The topological polar surface area (TPSA) is 32.3 Å². The molecule has 0 radical (unpaired) electrons. The molecule has 0 unspecified atom stereocenters. The molecule has 1 heterocycles. The average Bonchev–Trinajstić information content (AvgIpc) is 2.54. The average molecular weight is 226 g/mol. The molecule has 1 amide bonds. The number of carbonyl (C=O) groups is 1. The van der Waals surface area contributed by atoms with Crippen molar-refractivity contribution in [1.82, 2.24) is 10.2 Å². The summed E-state index contributed by atoms with van der Waals surface area (Å²) in [5.41, 5.74) is 0.0709. The van der Waals surface area contributed by atoms with Crippen LogP contribution in [-0.2, 0) is 4.79 Å². The van der Waals surface area contributed by atoms with Crippen molar-refractivity contribution in [3.63, 3.8) is 0 Å². The van der Waals surface area contributed by atoms with Gasteiger partial charge in [-0.3, -0.25) is 4.79 Å². The highest BCUT2D eigenvalue weighted by Gasteiger charge is 2.19. The molecule has 3 nitrogen and oxygen atoms in total. The van der Waals surface area contributed by atoms with Crippen LogP contribution >= 0.6 is 0 Å². The highest BCUT2D eigenvalue weighted by molar-refractivity contribution is 5.78. The van der Waals surface area contributed by atoms with Gasteiger partial charge in [-0.25, -0.2) is 0 Å². The Balaban J connectivity index is 2.33. The van der Waals surface area contributed by atoms with Crippen LogP contribution in [0.4, 0.5) is 0 Å². The third-order valence-electron chi connectivity index (χ3n) is 3.56. The molecule has 1 N–H and O–H groups in total. The molecule has 1 fully saturated rings. The van der Waals surface area contributed by atoms with Crippen LogP contribution in [0.2, 0.25) is 0 Å². The van der Waals surface area contributed by atoms with Crippen molar-refractivity contribution in [2.24, 2.45) is 0 Å². The van der Waals surface area contributed by atoms with Crippen LogP contribution in [-0.4, -0.2) is 36.0 Å². The predicted octanol–water partition coefficient (Wildman–Crippen LogP) is 2.17. The van der Waals surface area contributed by atoms with Gasteiger partial charge in [0.1, 0.15) is 0 Å². The van der Waals surface area contributed by atoms with Gasteiger partial charge >= 0.3 is 0 Å². The smallest absolute Gasteiger partial charge is 0.236 e. The van der Waals surface area contributed by atoms with Gasteiger partial charge in [0.05, 0.1) is 6.54 Å². The second-order valence-corrected chi connectivity index (χ2v) is 5.39. The molecule has 0 aromatic heterocycles. The summed E-state index contributed by atoms with van der Waals surface area (Å²) in [6, 6.07) is 0. The van der Waals surface area contributed by atoms with E-state index in [9.17, 15) is 4.79 Å². The van der Waals surface area contributed by atoms with Crippen molar-refractivity contribution >= 4 is 5.91 Å². The fraction of sp³-hybridized carbons (Fsp3) is 0.923. The first-order valence-electron chi connectivity index (χ1n) is 6.58. The molecule has 0 aromatic carbocycles. The fourth-order valence-corrected chi connectivity index (χ4v) is 1.87. The fourth-order valence-electron chi connectivity index (χ4n) is 1.87. The van der Waals surface area contributed by atoms with Gasteiger partial charge in [0.15, 0.2) is 0 Å². The SMILES string of the molecule is CCC(C)(C)NCC(=O)N1CCCCCC1. The minimum atomic E-state index is 0.0709. The number of rotatable bonds is 4. The van der Waals surface area contributed by atoms with E-state index in [0.29, 0.717) is 6.54 Å². The van der Waals surface area contributed by atoms with Crippen LogP contribution in [0.15, 0.2) is 0 Å². The lowest BCUT2D eigenvalue weighted by atomic mass is 10.0. The van der Waals surface area contributed by atoms with E-state index < -0.39 is 0 Å². The molecule has 0 spiro atoms. The normalized spacial score (nSPS) is 18.3.